The molecule has 0 aliphatic heterocycles. The second-order valence-corrected chi connectivity index (χ2v) is 8.37. The molecule has 1 aliphatic rings. The molecule has 166 valence electrons. The van der Waals surface area contributed by atoms with Crippen LogP contribution in [0, 0.1) is 0 Å². The van der Waals surface area contributed by atoms with Crippen LogP contribution in [0.1, 0.15) is 53.9 Å². The van der Waals surface area contributed by atoms with Crippen molar-refractivity contribution in [2.24, 2.45) is 0 Å². The smallest absolute Gasteiger partial charge is 0.337 e. The number of nitrogens with one attached hydrogen (secondary N) is 1. The molecule has 0 aromatic heterocycles. The molecule has 3 aromatic rings. The van der Waals surface area contributed by atoms with Crippen LogP contribution >= 0.6 is 0 Å². The van der Waals surface area contributed by atoms with Crippen molar-refractivity contribution in [1.82, 2.24) is 0 Å². The molecule has 5 heteroatoms. The van der Waals surface area contributed by atoms with Crippen LogP contribution in [0.4, 0.5) is 22.7 Å². The average molecular weight is 431 g/mol. The third-order valence-electron chi connectivity index (χ3n) is 6.35. The Bertz CT molecular complexity index is 1060. The highest BCUT2D eigenvalue weighted by Gasteiger charge is 2.16. The van der Waals surface area contributed by atoms with Crippen LogP contribution in [0.5, 0.6) is 5.75 Å². The lowest BCUT2D eigenvalue weighted by atomic mass is 9.84. The van der Waals surface area contributed by atoms with Gasteiger partial charge in [-0.05, 0) is 78.9 Å². The fourth-order valence-electron chi connectivity index (χ4n) is 4.42. The predicted molar refractivity (Wildman–Crippen MR) is 130 cm³/mol. The van der Waals surface area contributed by atoms with Gasteiger partial charge >= 0.3 is 5.97 Å². The Kier molecular flexibility index (Phi) is 6.64. The maximum Gasteiger partial charge on any atom is 0.337 e. The summed E-state index contributed by atoms with van der Waals surface area (Å²) in [7, 11) is 3.58. The van der Waals surface area contributed by atoms with Crippen molar-refractivity contribution >= 4 is 28.7 Å². The summed E-state index contributed by atoms with van der Waals surface area (Å²) in [6.45, 7) is 0. The topological polar surface area (TPSA) is 61.8 Å². The average Bonchev–Trinajstić information content (AvgIpc) is 2.85. The van der Waals surface area contributed by atoms with Crippen LogP contribution in [0.3, 0.4) is 0 Å². The first kappa shape index (κ1) is 21.8. The Morgan fingerprint density at radius 3 is 2.16 bits per heavy atom. The Morgan fingerprint density at radius 1 is 0.938 bits per heavy atom. The molecule has 0 unspecified atom stereocenters. The number of carboxylic acids is 1. The second-order valence-electron chi connectivity index (χ2n) is 8.37. The van der Waals surface area contributed by atoms with Gasteiger partial charge in [-0.2, -0.15) is 0 Å². The van der Waals surface area contributed by atoms with Crippen molar-refractivity contribution in [3.05, 3.63) is 77.9 Å². The molecular weight excluding hydrogens is 400 g/mol. The van der Waals surface area contributed by atoms with Crippen molar-refractivity contribution in [3.63, 3.8) is 0 Å². The normalized spacial score (nSPS) is 14.1. The number of hydrogen-bond acceptors (Lipinski definition) is 4. The van der Waals surface area contributed by atoms with Crippen LogP contribution in [-0.2, 0) is 0 Å². The third kappa shape index (κ3) is 4.88. The van der Waals surface area contributed by atoms with Gasteiger partial charge in [-0.25, -0.2) is 4.79 Å². The largest absolute Gasteiger partial charge is 0.497 e. The number of carbonyl (C=O) groups is 1. The Balaban J connectivity index is 1.46. The number of nitrogens with zero attached hydrogens (tertiary/aromatic N) is 1. The number of aromatic carboxylic acids is 1. The number of hydrogen-bond donors (Lipinski definition) is 2. The van der Waals surface area contributed by atoms with Gasteiger partial charge in [0, 0.05) is 24.1 Å². The summed E-state index contributed by atoms with van der Waals surface area (Å²) < 4.78 is 5.14. The maximum atomic E-state index is 11.6. The zero-order valence-electron chi connectivity index (χ0n) is 18.7. The Morgan fingerprint density at radius 2 is 1.56 bits per heavy atom. The van der Waals surface area contributed by atoms with Crippen molar-refractivity contribution in [1.29, 1.82) is 0 Å². The van der Waals surface area contributed by atoms with Gasteiger partial charge in [0.25, 0.3) is 0 Å². The number of carboxylic acid groups (broad SMARTS) is 1. The first-order valence-corrected chi connectivity index (χ1v) is 11.2. The zero-order valence-corrected chi connectivity index (χ0v) is 18.7. The van der Waals surface area contributed by atoms with E-state index in [0.717, 1.165) is 17.1 Å². The standard InChI is InChI=1S/C27H30N2O3/c1-29(22-12-8-20(9-13-22)19-6-4-3-5-7-19)23-14-10-21(11-15-23)28-26-17-16-24(32-2)18-25(26)27(30)31/h8-19,28H,3-7H2,1-2H3,(H,30,31). The summed E-state index contributed by atoms with van der Waals surface area (Å²) >= 11 is 0. The van der Waals surface area contributed by atoms with Gasteiger partial charge in [0.2, 0.25) is 0 Å². The van der Waals surface area contributed by atoms with E-state index in [1.165, 1.54) is 50.8 Å². The fourth-order valence-corrected chi connectivity index (χ4v) is 4.42. The van der Waals surface area contributed by atoms with E-state index in [1.807, 2.05) is 24.3 Å². The lowest BCUT2D eigenvalue weighted by molar-refractivity contribution is 0.0697. The van der Waals surface area contributed by atoms with E-state index < -0.39 is 5.97 Å². The molecular formula is C27H30N2O3. The summed E-state index contributed by atoms with van der Waals surface area (Å²) in [4.78, 5) is 13.8. The van der Waals surface area contributed by atoms with Gasteiger partial charge < -0.3 is 20.1 Å². The molecule has 1 saturated carbocycles. The molecule has 3 aromatic carbocycles. The summed E-state index contributed by atoms with van der Waals surface area (Å²) in [5, 5.41) is 12.7. The monoisotopic (exact) mass is 430 g/mol. The molecule has 5 nitrogen and oxygen atoms in total. The molecule has 0 radical (unpaired) electrons. The van der Waals surface area contributed by atoms with Crippen LogP contribution < -0.4 is 15.0 Å². The van der Waals surface area contributed by atoms with Crippen molar-refractivity contribution < 1.29 is 14.6 Å². The van der Waals surface area contributed by atoms with Gasteiger partial charge in [0.1, 0.15) is 5.75 Å². The first-order valence-electron chi connectivity index (χ1n) is 11.2. The van der Waals surface area contributed by atoms with E-state index in [-0.39, 0.29) is 5.56 Å². The second kappa shape index (κ2) is 9.77. The number of methoxy groups -OCH3 is 1. The Hall–Kier alpha value is -3.47. The summed E-state index contributed by atoms with van der Waals surface area (Å²) in [5.74, 6) is 0.223. The van der Waals surface area contributed by atoms with Gasteiger partial charge in [0.15, 0.2) is 0 Å². The fraction of sp³-hybridized carbons (Fsp3) is 0.296. The minimum absolute atomic E-state index is 0.170. The van der Waals surface area contributed by atoms with Crippen LogP contribution in [-0.4, -0.2) is 25.2 Å². The van der Waals surface area contributed by atoms with Crippen molar-refractivity contribution in [2.75, 3.05) is 24.4 Å². The molecule has 0 atom stereocenters. The number of benzene rings is 3. The summed E-state index contributed by atoms with van der Waals surface area (Å²) in [6, 6.07) is 21.9. The molecule has 32 heavy (non-hydrogen) atoms. The Labute approximate surface area is 189 Å². The molecule has 0 spiro atoms. The van der Waals surface area contributed by atoms with E-state index in [9.17, 15) is 9.90 Å². The molecule has 4 rings (SSSR count). The summed E-state index contributed by atoms with van der Waals surface area (Å²) in [5.41, 5.74) is 5.18. The van der Waals surface area contributed by atoms with Gasteiger partial charge in [-0.3, -0.25) is 0 Å². The van der Waals surface area contributed by atoms with Crippen LogP contribution in [0.25, 0.3) is 0 Å². The minimum Gasteiger partial charge on any atom is -0.497 e. The van der Waals surface area contributed by atoms with Gasteiger partial charge in [-0.1, -0.05) is 31.4 Å². The molecule has 0 heterocycles. The molecule has 2 N–H and O–H groups in total. The lowest BCUT2D eigenvalue weighted by Crippen LogP contribution is -2.10. The lowest BCUT2D eigenvalue weighted by Gasteiger charge is -2.24. The highest BCUT2D eigenvalue weighted by Crippen LogP contribution is 2.34. The molecule has 1 fully saturated rings. The van der Waals surface area contributed by atoms with E-state index in [4.69, 9.17) is 4.74 Å². The molecule has 0 bridgehead atoms. The van der Waals surface area contributed by atoms with E-state index in [0.29, 0.717) is 17.4 Å². The van der Waals surface area contributed by atoms with E-state index in [2.05, 4.69) is 41.5 Å². The maximum absolute atomic E-state index is 11.6. The zero-order chi connectivity index (χ0) is 22.5. The molecule has 0 saturated heterocycles. The minimum atomic E-state index is -1.00. The number of ether oxygens (including phenoxy) is 1. The van der Waals surface area contributed by atoms with E-state index >= 15 is 0 Å². The highest BCUT2D eigenvalue weighted by atomic mass is 16.5. The third-order valence-corrected chi connectivity index (χ3v) is 6.35. The van der Waals surface area contributed by atoms with E-state index in [1.54, 1.807) is 12.1 Å². The van der Waals surface area contributed by atoms with Crippen LogP contribution in [0.2, 0.25) is 0 Å². The summed E-state index contributed by atoms with van der Waals surface area (Å²) in [6.07, 6.45) is 6.68. The molecule has 1 aliphatic carbocycles. The number of rotatable bonds is 7. The SMILES string of the molecule is COc1ccc(Nc2ccc(N(C)c3ccc(C4CCCCC4)cc3)cc2)c(C(=O)O)c1. The predicted octanol–water partition coefficient (Wildman–Crippen LogP) is 6.95. The molecule has 0 amide bonds. The van der Waals surface area contributed by atoms with Crippen molar-refractivity contribution in [2.45, 2.75) is 38.0 Å². The highest BCUT2D eigenvalue weighted by molar-refractivity contribution is 5.95. The van der Waals surface area contributed by atoms with Gasteiger partial charge in [-0.15, -0.1) is 0 Å². The van der Waals surface area contributed by atoms with Gasteiger partial charge in [0.05, 0.1) is 18.4 Å². The first-order chi connectivity index (χ1) is 15.5. The number of anilines is 4. The van der Waals surface area contributed by atoms with Crippen LogP contribution in [0.15, 0.2) is 66.7 Å². The van der Waals surface area contributed by atoms with Crippen molar-refractivity contribution in [3.8, 4) is 5.75 Å². The quantitative estimate of drug-likeness (QED) is 0.424.